The number of rotatable bonds is 3. The Morgan fingerprint density at radius 3 is 2.56 bits per heavy atom. The maximum Gasteiger partial charge on any atom is 0.410 e. The number of likely N-dealkylation sites (tertiary alicyclic amines) is 1. The molecule has 1 heterocycles. The zero-order valence-corrected chi connectivity index (χ0v) is 12.1. The molecule has 0 aliphatic carbocycles. The van der Waals surface area contributed by atoms with Gasteiger partial charge in [-0.3, -0.25) is 0 Å². The molecule has 0 bridgehead atoms. The summed E-state index contributed by atoms with van der Waals surface area (Å²) in [6, 6.07) is 0.274. The second-order valence-electron chi connectivity index (χ2n) is 6.39. The van der Waals surface area contributed by atoms with Gasteiger partial charge in [-0.25, -0.2) is 4.79 Å². The fourth-order valence-electron chi connectivity index (χ4n) is 2.26. The summed E-state index contributed by atoms with van der Waals surface area (Å²) in [5.74, 6) is 0. The van der Waals surface area contributed by atoms with Crippen LogP contribution in [-0.4, -0.2) is 53.0 Å². The summed E-state index contributed by atoms with van der Waals surface area (Å²) in [5, 5.41) is 12.9. The molecule has 1 fully saturated rings. The highest BCUT2D eigenvalue weighted by atomic mass is 16.6. The summed E-state index contributed by atoms with van der Waals surface area (Å²) in [4.78, 5) is 13.6. The van der Waals surface area contributed by atoms with Gasteiger partial charge >= 0.3 is 6.09 Å². The lowest BCUT2D eigenvalue weighted by Crippen LogP contribution is -2.54. The molecule has 0 aromatic heterocycles. The zero-order chi connectivity index (χ0) is 14.0. The number of nitrogens with zero attached hydrogens (tertiary/aromatic N) is 1. The molecular formula is C13H26N2O3. The molecule has 5 heteroatoms. The van der Waals surface area contributed by atoms with E-state index in [4.69, 9.17) is 4.74 Å². The number of ether oxygens (including phenoxy) is 1. The third-order valence-electron chi connectivity index (χ3n) is 2.90. The standard InChI is InChI=1S/C13H26N2O3/c1-10(2)14-13(9-16)6-7-15(8-13)11(17)18-12(3,4)5/h10,14,16H,6-9H2,1-5H3. The lowest BCUT2D eigenvalue weighted by atomic mass is 9.99. The van der Waals surface area contributed by atoms with E-state index in [1.807, 2.05) is 34.6 Å². The summed E-state index contributed by atoms with van der Waals surface area (Å²) in [5.41, 5.74) is -0.863. The predicted octanol–water partition coefficient (Wildman–Crippen LogP) is 1.36. The van der Waals surface area contributed by atoms with Crippen LogP contribution in [0.3, 0.4) is 0 Å². The van der Waals surface area contributed by atoms with Crippen molar-refractivity contribution in [3.8, 4) is 0 Å². The highest BCUT2D eigenvalue weighted by Gasteiger charge is 2.41. The Labute approximate surface area is 109 Å². The number of amides is 1. The van der Waals surface area contributed by atoms with Gasteiger partial charge in [0.05, 0.1) is 12.1 Å². The van der Waals surface area contributed by atoms with Gasteiger partial charge in [0.15, 0.2) is 0 Å². The molecule has 2 N–H and O–H groups in total. The minimum absolute atomic E-state index is 0.0322. The fourth-order valence-corrected chi connectivity index (χ4v) is 2.26. The molecule has 106 valence electrons. The van der Waals surface area contributed by atoms with Gasteiger partial charge in [-0.1, -0.05) is 13.8 Å². The van der Waals surface area contributed by atoms with Crippen molar-refractivity contribution in [2.75, 3.05) is 19.7 Å². The second kappa shape index (κ2) is 5.45. The molecule has 18 heavy (non-hydrogen) atoms. The molecule has 1 amide bonds. The number of carbonyl (C=O) groups is 1. The van der Waals surface area contributed by atoms with E-state index in [1.54, 1.807) is 4.90 Å². The maximum absolute atomic E-state index is 11.9. The second-order valence-corrected chi connectivity index (χ2v) is 6.39. The van der Waals surface area contributed by atoms with E-state index in [0.717, 1.165) is 6.42 Å². The number of aliphatic hydroxyl groups excluding tert-OH is 1. The van der Waals surface area contributed by atoms with E-state index in [2.05, 4.69) is 5.32 Å². The Morgan fingerprint density at radius 1 is 1.50 bits per heavy atom. The number of hydrogen-bond acceptors (Lipinski definition) is 4. The van der Waals surface area contributed by atoms with Crippen LogP contribution in [0.2, 0.25) is 0 Å². The Hall–Kier alpha value is -0.810. The minimum Gasteiger partial charge on any atom is -0.444 e. The van der Waals surface area contributed by atoms with Crippen LogP contribution in [-0.2, 0) is 4.74 Å². The molecule has 1 atom stereocenters. The number of nitrogens with one attached hydrogen (secondary N) is 1. The zero-order valence-electron chi connectivity index (χ0n) is 12.1. The molecular weight excluding hydrogens is 232 g/mol. The van der Waals surface area contributed by atoms with E-state index in [-0.39, 0.29) is 24.3 Å². The van der Waals surface area contributed by atoms with Gasteiger partial charge in [0, 0.05) is 19.1 Å². The van der Waals surface area contributed by atoms with Gasteiger partial charge in [-0.2, -0.15) is 0 Å². The molecule has 0 aromatic carbocycles. The summed E-state index contributed by atoms with van der Waals surface area (Å²) in [6.07, 6.45) is 0.448. The normalized spacial score (nSPS) is 24.7. The molecule has 5 nitrogen and oxygen atoms in total. The van der Waals surface area contributed by atoms with Gasteiger partial charge < -0.3 is 20.1 Å². The quantitative estimate of drug-likeness (QED) is 0.802. The Balaban J connectivity index is 2.61. The van der Waals surface area contributed by atoms with Crippen LogP contribution in [0.15, 0.2) is 0 Å². The Bertz CT molecular complexity index is 299. The first-order chi connectivity index (χ1) is 8.17. The van der Waals surface area contributed by atoms with Crippen molar-refractivity contribution in [2.45, 2.75) is 58.2 Å². The van der Waals surface area contributed by atoms with Crippen LogP contribution >= 0.6 is 0 Å². The monoisotopic (exact) mass is 258 g/mol. The fraction of sp³-hybridized carbons (Fsp3) is 0.923. The van der Waals surface area contributed by atoms with Gasteiger partial charge in [0.1, 0.15) is 5.60 Å². The first kappa shape index (κ1) is 15.2. The van der Waals surface area contributed by atoms with Crippen molar-refractivity contribution in [3.63, 3.8) is 0 Å². The first-order valence-corrected chi connectivity index (χ1v) is 6.54. The first-order valence-electron chi connectivity index (χ1n) is 6.54. The third-order valence-corrected chi connectivity index (χ3v) is 2.90. The Kier molecular flexibility index (Phi) is 4.61. The summed E-state index contributed by atoms with van der Waals surface area (Å²) >= 11 is 0. The number of carbonyl (C=O) groups excluding carboxylic acids is 1. The third kappa shape index (κ3) is 4.14. The lowest BCUT2D eigenvalue weighted by Gasteiger charge is -2.31. The molecule has 1 saturated heterocycles. The van der Waals surface area contributed by atoms with E-state index in [0.29, 0.717) is 13.1 Å². The average molecular weight is 258 g/mol. The topological polar surface area (TPSA) is 61.8 Å². The van der Waals surface area contributed by atoms with Crippen molar-refractivity contribution < 1.29 is 14.6 Å². The maximum atomic E-state index is 11.9. The minimum atomic E-state index is -0.479. The molecule has 0 saturated carbocycles. The van der Waals surface area contributed by atoms with Crippen LogP contribution in [0.5, 0.6) is 0 Å². The SMILES string of the molecule is CC(C)NC1(CO)CCN(C(=O)OC(C)(C)C)C1. The van der Waals surface area contributed by atoms with Crippen molar-refractivity contribution in [2.24, 2.45) is 0 Å². The van der Waals surface area contributed by atoms with E-state index < -0.39 is 5.60 Å². The van der Waals surface area contributed by atoms with Crippen LogP contribution in [0.1, 0.15) is 41.0 Å². The lowest BCUT2D eigenvalue weighted by molar-refractivity contribution is 0.0268. The van der Waals surface area contributed by atoms with Gasteiger partial charge in [-0.05, 0) is 27.2 Å². The molecule has 1 aliphatic heterocycles. The van der Waals surface area contributed by atoms with E-state index >= 15 is 0 Å². The molecule has 1 rings (SSSR count). The van der Waals surface area contributed by atoms with Crippen molar-refractivity contribution >= 4 is 6.09 Å². The van der Waals surface area contributed by atoms with Gasteiger partial charge in [0.25, 0.3) is 0 Å². The van der Waals surface area contributed by atoms with Crippen molar-refractivity contribution in [1.82, 2.24) is 10.2 Å². The smallest absolute Gasteiger partial charge is 0.410 e. The highest BCUT2D eigenvalue weighted by Crippen LogP contribution is 2.23. The summed E-state index contributed by atoms with van der Waals surface area (Å²) in [7, 11) is 0. The van der Waals surface area contributed by atoms with Crippen LogP contribution in [0, 0.1) is 0 Å². The average Bonchev–Trinajstić information content (AvgIpc) is 2.59. The Morgan fingerprint density at radius 2 is 2.11 bits per heavy atom. The van der Waals surface area contributed by atoms with Crippen LogP contribution in [0.4, 0.5) is 4.79 Å². The van der Waals surface area contributed by atoms with Crippen molar-refractivity contribution in [3.05, 3.63) is 0 Å². The summed E-state index contributed by atoms with van der Waals surface area (Å²) < 4.78 is 5.34. The number of aliphatic hydroxyl groups is 1. The van der Waals surface area contributed by atoms with Crippen LogP contribution in [0.25, 0.3) is 0 Å². The van der Waals surface area contributed by atoms with E-state index in [1.165, 1.54) is 0 Å². The van der Waals surface area contributed by atoms with Gasteiger partial charge in [0.2, 0.25) is 0 Å². The van der Waals surface area contributed by atoms with Crippen molar-refractivity contribution in [1.29, 1.82) is 0 Å². The van der Waals surface area contributed by atoms with Crippen LogP contribution < -0.4 is 5.32 Å². The highest BCUT2D eigenvalue weighted by molar-refractivity contribution is 5.68. The molecule has 1 unspecified atom stereocenters. The molecule has 0 radical (unpaired) electrons. The van der Waals surface area contributed by atoms with Gasteiger partial charge in [-0.15, -0.1) is 0 Å². The summed E-state index contributed by atoms with van der Waals surface area (Å²) in [6.45, 7) is 10.8. The largest absolute Gasteiger partial charge is 0.444 e. The number of hydrogen-bond donors (Lipinski definition) is 2. The van der Waals surface area contributed by atoms with E-state index in [9.17, 15) is 9.90 Å². The predicted molar refractivity (Wildman–Crippen MR) is 70.5 cm³/mol. The molecule has 0 spiro atoms. The molecule has 0 aromatic rings. The molecule has 1 aliphatic rings.